The molecule has 0 atom stereocenters. The highest BCUT2D eigenvalue weighted by Crippen LogP contribution is 2.19. The molecule has 0 fully saturated rings. The van der Waals surface area contributed by atoms with Crippen molar-refractivity contribution in [3.63, 3.8) is 0 Å². The Morgan fingerprint density at radius 2 is 1.08 bits per heavy atom. The predicted octanol–water partition coefficient (Wildman–Crippen LogP) is 4.47. The smallest absolute Gasteiger partial charge is 0.153 e. The van der Waals surface area contributed by atoms with Gasteiger partial charge in [-0.25, -0.2) is 0 Å². The Labute approximate surface area is 152 Å². The molecule has 0 unspecified atom stereocenters. The summed E-state index contributed by atoms with van der Waals surface area (Å²) in [6.07, 6.45) is 1.56. The molecule has 0 bridgehead atoms. The van der Waals surface area contributed by atoms with Gasteiger partial charge in [0.05, 0.1) is 11.1 Å². The summed E-state index contributed by atoms with van der Waals surface area (Å²) < 4.78 is 11.5. The summed E-state index contributed by atoms with van der Waals surface area (Å²) in [5.41, 5.74) is 2.99. The minimum absolute atomic E-state index is 0.351. The molecule has 0 N–H and O–H groups in total. The molecule has 0 heterocycles. The first kappa shape index (κ1) is 17.4. The van der Waals surface area contributed by atoms with E-state index in [2.05, 4.69) is 0 Å². The molecule has 3 aromatic rings. The number of aldehydes is 2. The van der Waals surface area contributed by atoms with Crippen molar-refractivity contribution in [2.24, 2.45) is 0 Å². The van der Waals surface area contributed by atoms with Crippen molar-refractivity contribution in [3.05, 3.63) is 95.1 Å². The van der Waals surface area contributed by atoms with Crippen LogP contribution in [0, 0.1) is 0 Å². The molecule has 4 heteroatoms. The lowest BCUT2D eigenvalue weighted by Crippen LogP contribution is -2.01. The summed E-state index contributed by atoms with van der Waals surface area (Å²) in [5, 5.41) is 0. The third-order valence-corrected chi connectivity index (χ3v) is 3.87. The summed E-state index contributed by atoms with van der Waals surface area (Å²) in [6.45, 7) is 0.702. The molecule has 3 rings (SSSR count). The minimum atomic E-state index is 0.351. The van der Waals surface area contributed by atoms with Gasteiger partial charge in [0.25, 0.3) is 0 Å². The van der Waals surface area contributed by atoms with Crippen molar-refractivity contribution in [1.82, 2.24) is 0 Å². The van der Waals surface area contributed by atoms with Crippen molar-refractivity contribution in [1.29, 1.82) is 0 Å². The van der Waals surface area contributed by atoms with Gasteiger partial charge in [0.15, 0.2) is 12.6 Å². The van der Waals surface area contributed by atoms with Crippen molar-refractivity contribution >= 4 is 12.6 Å². The molecule has 0 radical (unpaired) electrons. The molecule has 130 valence electrons. The molecule has 4 nitrogen and oxygen atoms in total. The molecular weight excluding hydrogens is 328 g/mol. The zero-order valence-electron chi connectivity index (χ0n) is 14.1. The number of benzene rings is 3. The van der Waals surface area contributed by atoms with E-state index >= 15 is 0 Å². The Morgan fingerprint density at radius 1 is 0.615 bits per heavy atom. The van der Waals surface area contributed by atoms with Gasteiger partial charge in [-0.2, -0.15) is 0 Å². The summed E-state index contributed by atoms with van der Waals surface area (Å²) >= 11 is 0. The maximum absolute atomic E-state index is 11.0. The van der Waals surface area contributed by atoms with Gasteiger partial charge in [-0.15, -0.1) is 0 Å². The average molecular weight is 346 g/mol. The Balaban J connectivity index is 1.64. The predicted molar refractivity (Wildman–Crippen MR) is 98.8 cm³/mol. The lowest BCUT2D eigenvalue weighted by atomic mass is 10.1. The molecule has 0 saturated heterocycles. The zero-order chi connectivity index (χ0) is 18.2. The van der Waals surface area contributed by atoms with Gasteiger partial charge in [0.2, 0.25) is 0 Å². The molecule has 0 amide bonds. The first-order valence-electron chi connectivity index (χ1n) is 8.22. The van der Waals surface area contributed by atoms with Gasteiger partial charge in [-0.1, -0.05) is 42.5 Å². The third-order valence-electron chi connectivity index (χ3n) is 3.87. The lowest BCUT2D eigenvalue weighted by Gasteiger charge is -2.11. The maximum Gasteiger partial charge on any atom is 0.153 e. The van der Waals surface area contributed by atoms with E-state index in [0.717, 1.165) is 23.7 Å². The van der Waals surface area contributed by atoms with E-state index in [4.69, 9.17) is 9.47 Å². The van der Waals surface area contributed by atoms with E-state index < -0.39 is 0 Å². The Kier molecular flexibility index (Phi) is 5.78. The van der Waals surface area contributed by atoms with E-state index in [-0.39, 0.29) is 0 Å². The molecule has 3 aromatic carbocycles. The van der Waals surface area contributed by atoms with Gasteiger partial charge in [-0.05, 0) is 41.5 Å². The number of hydrogen-bond acceptors (Lipinski definition) is 4. The molecule has 0 aliphatic rings. The second-order valence-corrected chi connectivity index (χ2v) is 5.71. The largest absolute Gasteiger partial charge is 0.488 e. The van der Waals surface area contributed by atoms with Gasteiger partial charge in [0, 0.05) is 0 Å². The SMILES string of the molecule is O=Cc1ccccc1OCc1cccc(COc2ccccc2C=O)c1. The van der Waals surface area contributed by atoms with E-state index in [1.54, 1.807) is 36.4 Å². The van der Waals surface area contributed by atoms with Crippen LogP contribution in [0.1, 0.15) is 31.8 Å². The van der Waals surface area contributed by atoms with Gasteiger partial charge >= 0.3 is 0 Å². The third kappa shape index (κ3) is 4.36. The zero-order valence-corrected chi connectivity index (χ0v) is 14.1. The van der Waals surface area contributed by atoms with Crippen LogP contribution in [0.15, 0.2) is 72.8 Å². The monoisotopic (exact) mass is 346 g/mol. The first-order chi connectivity index (χ1) is 12.8. The second-order valence-electron chi connectivity index (χ2n) is 5.71. The summed E-state index contributed by atoms with van der Waals surface area (Å²) in [4.78, 5) is 22.1. The maximum atomic E-state index is 11.0. The van der Waals surface area contributed by atoms with E-state index in [0.29, 0.717) is 35.8 Å². The van der Waals surface area contributed by atoms with Crippen LogP contribution < -0.4 is 9.47 Å². The van der Waals surface area contributed by atoms with Crippen LogP contribution in [-0.4, -0.2) is 12.6 Å². The van der Waals surface area contributed by atoms with Crippen LogP contribution in [0.25, 0.3) is 0 Å². The van der Waals surface area contributed by atoms with Gasteiger partial charge in [-0.3, -0.25) is 9.59 Å². The van der Waals surface area contributed by atoms with E-state index in [9.17, 15) is 9.59 Å². The molecule has 0 aromatic heterocycles. The van der Waals surface area contributed by atoms with Gasteiger partial charge < -0.3 is 9.47 Å². The Morgan fingerprint density at radius 3 is 1.54 bits per heavy atom. The van der Waals surface area contributed by atoms with Gasteiger partial charge in [0.1, 0.15) is 24.7 Å². The highest BCUT2D eigenvalue weighted by molar-refractivity contribution is 5.79. The number of rotatable bonds is 8. The quantitative estimate of drug-likeness (QED) is 0.565. The van der Waals surface area contributed by atoms with Crippen LogP contribution >= 0.6 is 0 Å². The second kappa shape index (κ2) is 8.62. The number of carbonyl (C=O) groups excluding carboxylic acids is 2. The van der Waals surface area contributed by atoms with Crippen LogP contribution in [0.4, 0.5) is 0 Å². The summed E-state index contributed by atoms with van der Waals surface area (Å²) in [7, 11) is 0. The highest BCUT2D eigenvalue weighted by Gasteiger charge is 2.05. The van der Waals surface area contributed by atoms with Crippen molar-refractivity contribution in [2.75, 3.05) is 0 Å². The van der Waals surface area contributed by atoms with Crippen LogP contribution in [0.3, 0.4) is 0 Å². The molecule has 0 spiro atoms. The summed E-state index contributed by atoms with van der Waals surface area (Å²) in [5.74, 6) is 1.12. The summed E-state index contributed by atoms with van der Waals surface area (Å²) in [6, 6.07) is 22.0. The number of para-hydroxylation sites is 2. The fraction of sp³-hybridized carbons (Fsp3) is 0.0909. The fourth-order valence-corrected chi connectivity index (χ4v) is 2.55. The molecular formula is C22H18O4. The number of hydrogen-bond donors (Lipinski definition) is 0. The van der Waals surface area contributed by atoms with Crippen molar-refractivity contribution < 1.29 is 19.1 Å². The fourth-order valence-electron chi connectivity index (χ4n) is 2.55. The number of ether oxygens (including phenoxy) is 2. The van der Waals surface area contributed by atoms with E-state index in [1.807, 2.05) is 36.4 Å². The van der Waals surface area contributed by atoms with Crippen LogP contribution in [0.2, 0.25) is 0 Å². The van der Waals surface area contributed by atoms with Crippen LogP contribution in [0.5, 0.6) is 11.5 Å². The Hall–Kier alpha value is -3.40. The average Bonchev–Trinajstić information content (AvgIpc) is 2.71. The molecule has 0 saturated carbocycles. The first-order valence-corrected chi connectivity index (χ1v) is 8.22. The normalized spacial score (nSPS) is 10.2. The van der Waals surface area contributed by atoms with E-state index in [1.165, 1.54) is 0 Å². The lowest BCUT2D eigenvalue weighted by molar-refractivity contribution is 0.111. The van der Waals surface area contributed by atoms with Crippen molar-refractivity contribution in [3.8, 4) is 11.5 Å². The highest BCUT2D eigenvalue weighted by atomic mass is 16.5. The Bertz CT molecular complexity index is 831. The molecule has 0 aliphatic heterocycles. The number of carbonyl (C=O) groups is 2. The standard InChI is InChI=1S/C22H18O4/c23-13-19-8-1-3-10-21(19)25-15-17-6-5-7-18(12-17)16-26-22-11-4-2-9-20(22)14-24/h1-14H,15-16H2. The topological polar surface area (TPSA) is 52.6 Å². The minimum Gasteiger partial charge on any atom is -0.488 e. The molecule has 0 aliphatic carbocycles. The van der Waals surface area contributed by atoms with Crippen LogP contribution in [-0.2, 0) is 13.2 Å². The molecule has 26 heavy (non-hydrogen) atoms. The van der Waals surface area contributed by atoms with Crippen molar-refractivity contribution in [2.45, 2.75) is 13.2 Å².